The first-order valence-corrected chi connectivity index (χ1v) is 0.771. The molecule has 0 N–H and O–H groups in total. The molecule has 0 saturated carbocycles. The van der Waals surface area contributed by atoms with E-state index in [0.29, 0.717) is 0 Å². The third-order valence-corrected chi connectivity index (χ3v) is 0. The smallest absolute Gasteiger partial charge is 0.525 e. The van der Waals surface area contributed by atoms with Gasteiger partial charge in [0, 0.05) is 0 Å². The molecule has 0 bridgehead atoms. The van der Waals surface area contributed by atoms with Gasteiger partial charge in [0.05, 0.1) is 0 Å². The second-order valence-electron chi connectivity index (χ2n) is 0.0772. The van der Waals surface area contributed by atoms with Crippen molar-refractivity contribution in [3.8, 4) is 0 Å². The fraction of sp³-hybridized carbons (Fsp3) is 0. The number of carbonyl (C=O) groups excluding carboxylic acids is 1. The Balaban J connectivity index is 0. The van der Waals surface area contributed by atoms with Crippen molar-refractivity contribution in [2.75, 3.05) is 0 Å². The van der Waals surface area contributed by atoms with Crippen LogP contribution in [-0.4, -0.2) is 5.75 Å². The third-order valence-electron chi connectivity index (χ3n) is 0. The standard InChI is InChI=1S/CClO.Ru/c2-1-3;/q-1;+3. The van der Waals surface area contributed by atoms with Gasteiger partial charge in [0.1, 0.15) is 0 Å². The second-order valence-corrected chi connectivity index (χ2v) is 0.231. The molecular formula is CClORu+2. The predicted octanol–water partition coefficient (Wildman–Crippen LogP) is 0.290. The van der Waals surface area contributed by atoms with Crippen molar-refractivity contribution < 1.29 is 24.3 Å². The molecule has 0 aliphatic rings. The molecule has 0 aromatic carbocycles. The predicted molar refractivity (Wildman–Crippen MR) is 11.5 cm³/mol. The van der Waals surface area contributed by atoms with Crippen LogP contribution in [-0.2, 0) is 24.3 Å². The minimum atomic E-state index is 0. The van der Waals surface area contributed by atoms with Gasteiger partial charge in [-0.15, -0.1) is 0 Å². The van der Waals surface area contributed by atoms with Gasteiger partial charge >= 0.3 is 19.5 Å². The Labute approximate surface area is 42.1 Å². The molecule has 23 valence electrons. The zero-order chi connectivity index (χ0) is 2.71. The monoisotopic (exact) mass is 165 g/mol. The summed E-state index contributed by atoms with van der Waals surface area (Å²) in [5, 5.41) is 0. The zero-order valence-electron chi connectivity index (χ0n) is 1.64. The topological polar surface area (TPSA) is 17.1 Å². The van der Waals surface area contributed by atoms with Crippen molar-refractivity contribution in [2.45, 2.75) is 0 Å². The SMILES string of the molecule is O=[C-]Cl.[Ru+3]. The quantitative estimate of drug-likeness (QED) is 0.286. The van der Waals surface area contributed by atoms with Crippen LogP contribution in [0, 0.1) is 0 Å². The van der Waals surface area contributed by atoms with Crippen LogP contribution in [0.3, 0.4) is 0 Å². The molecule has 1 radical (unpaired) electrons. The maximum Gasteiger partial charge on any atom is 3.00 e. The van der Waals surface area contributed by atoms with Gasteiger partial charge in [-0.1, -0.05) is 0 Å². The molecule has 3 heteroatoms. The van der Waals surface area contributed by atoms with Gasteiger partial charge < -0.3 is 16.4 Å². The maximum atomic E-state index is 8.45. The Morgan fingerprint density at radius 2 is 1.75 bits per heavy atom. The average Bonchev–Trinajstić information content (AvgIpc) is 0.918. The summed E-state index contributed by atoms with van der Waals surface area (Å²) in [6, 6.07) is 0. The molecule has 0 fully saturated rings. The number of halogens is 1. The summed E-state index contributed by atoms with van der Waals surface area (Å²) in [5.74, 6) is 0.972. The van der Waals surface area contributed by atoms with E-state index >= 15 is 0 Å². The van der Waals surface area contributed by atoms with Crippen LogP contribution in [0.4, 0.5) is 0 Å². The average molecular weight is 165 g/mol. The van der Waals surface area contributed by atoms with E-state index in [1.54, 1.807) is 0 Å². The van der Waals surface area contributed by atoms with E-state index in [1.165, 1.54) is 0 Å². The summed E-state index contributed by atoms with van der Waals surface area (Å²) in [5.41, 5.74) is 0. The molecule has 0 aliphatic carbocycles. The minimum absolute atomic E-state index is 0. The van der Waals surface area contributed by atoms with E-state index in [2.05, 4.69) is 11.6 Å². The Kier molecular flexibility index (Phi) is 21.0. The summed E-state index contributed by atoms with van der Waals surface area (Å²) < 4.78 is 0. The molecule has 0 unspecified atom stereocenters. The molecule has 0 spiro atoms. The van der Waals surface area contributed by atoms with Crippen LogP contribution in [0.1, 0.15) is 0 Å². The summed E-state index contributed by atoms with van der Waals surface area (Å²) in [6.45, 7) is 0. The molecule has 0 saturated heterocycles. The van der Waals surface area contributed by atoms with Crippen LogP contribution in [0.15, 0.2) is 0 Å². The number of hydrogen-bond donors (Lipinski definition) is 0. The molecule has 0 aromatic rings. The van der Waals surface area contributed by atoms with Crippen molar-refractivity contribution in [3.05, 3.63) is 0 Å². The molecular weight excluding hydrogens is 165 g/mol. The molecule has 1 nitrogen and oxygen atoms in total. The van der Waals surface area contributed by atoms with Gasteiger partial charge in [-0.3, -0.25) is 0 Å². The van der Waals surface area contributed by atoms with E-state index in [9.17, 15) is 0 Å². The normalized spacial score (nSPS) is 3.25. The molecule has 0 atom stereocenters. The molecule has 0 rings (SSSR count). The van der Waals surface area contributed by atoms with Crippen molar-refractivity contribution in [1.29, 1.82) is 0 Å². The van der Waals surface area contributed by atoms with E-state index < -0.39 is 0 Å². The second kappa shape index (κ2) is 9.54. The Morgan fingerprint density at radius 1 is 1.75 bits per heavy atom. The Morgan fingerprint density at radius 3 is 1.75 bits per heavy atom. The molecule has 0 aliphatic heterocycles. The minimum Gasteiger partial charge on any atom is -0.525 e. The van der Waals surface area contributed by atoms with Crippen molar-refractivity contribution >= 4 is 17.3 Å². The first kappa shape index (κ1) is 8.82. The summed E-state index contributed by atoms with van der Waals surface area (Å²) >= 11 is 4.19. The van der Waals surface area contributed by atoms with E-state index in [1.807, 2.05) is 0 Å². The number of rotatable bonds is 0. The van der Waals surface area contributed by atoms with E-state index in [0.717, 1.165) is 5.75 Å². The summed E-state index contributed by atoms with van der Waals surface area (Å²) in [4.78, 5) is 8.45. The summed E-state index contributed by atoms with van der Waals surface area (Å²) in [6.07, 6.45) is 0. The van der Waals surface area contributed by atoms with Gasteiger partial charge in [-0.25, -0.2) is 0 Å². The third kappa shape index (κ3) is 19.0. The Bertz CT molecular complexity index is 15.5. The van der Waals surface area contributed by atoms with Crippen LogP contribution in [0.25, 0.3) is 0 Å². The fourth-order valence-electron chi connectivity index (χ4n) is 0. The maximum absolute atomic E-state index is 8.45. The van der Waals surface area contributed by atoms with Crippen LogP contribution in [0.5, 0.6) is 0 Å². The van der Waals surface area contributed by atoms with Crippen LogP contribution in [0.2, 0.25) is 0 Å². The first-order chi connectivity index (χ1) is 1.41. The summed E-state index contributed by atoms with van der Waals surface area (Å²) in [7, 11) is 0. The van der Waals surface area contributed by atoms with Gasteiger partial charge in [0.25, 0.3) is 0 Å². The largest absolute Gasteiger partial charge is 3.00 e. The molecule has 0 heterocycles. The number of hydrogen-bond acceptors (Lipinski definition) is 1. The first-order valence-electron chi connectivity index (χ1n) is 0.393. The Hall–Kier alpha value is 0.583. The van der Waals surface area contributed by atoms with Crippen LogP contribution >= 0.6 is 11.6 Å². The van der Waals surface area contributed by atoms with E-state index in [4.69, 9.17) is 4.79 Å². The van der Waals surface area contributed by atoms with Gasteiger partial charge in [0.15, 0.2) is 0 Å². The van der Waals surface area contributed by atoms with Crippen molar-refractivity contribution in [1.82, 2.24) is 0 Å². The molecule has 0 amide bonds. The molecule has 0 aromatic heterocycles. The van der Waals surface area contributed by atoms with Gasteiger partial charge in [-0.2, -0.15) is 5.75 Å². The van der Waals surface area contributed by atoms with E-state index in [-0.39, 0.29) is 19.5 Å². The van der Waals surface area contributed by atoms with Gasteiger partial charge in [0.2, 0.25) is 0 Å². The van der Waals surface area contributed by atoms with Crippen molar-refractivity contribution in [3.63, 3.8) is 0 Å². The zero-order valence-corrected chi connectivity index (χ0v) is 4.13. The van der Waals surface area contributed by atoms with Crippen molar-refractivity contribution in [2.24, 2.45) is 0 Å². The van der Waals surface area contributed by atoms with Gasteiger partial charge in [-0.05, 0) is 0 Å². The molecule has 4 heavy (non-hydrogen) atoms. The van der Waals surface area contributed by atoms with Crippen LogP contribution < -0.4 is 0 Å². The fourth-order valence-corrected chi connectivity index (χ4v) is 0.